The van der Waals surface area contributed by atoms with Gasteiger partial charge in [0.05, 0.1) is 0 Å². The minimum Gasteiger partial charge on any atom is -0.396 e. The first-order chi connectivity index (χ1) is 8.23. The molecule has 96 valence electrons. The van der Waals surface area contributed by atoms with Crippen LogP contribution in [0.2, 0.25) is 0 Å². The highest BCUT2D eigenvalue weighted by Crippen LogP contribution is 2.18. The Labute approximate surface area is 106 Å². The Bertz CT molecular complexity index is 326. The van der Waals surface area contributed by atoms with Gasteiger partial charge in [0.1, 0.15) is 11.6 Å². The summed E-state index contributed by atoms with van der Waals surface area (Å²) in [6.07, 6.45) is 3.63. The number of thioether (sulfide) groups is 1. The number of anilines is 2. The molecule has 6 heteroatoms. The van der Waals surface area contributed by atoms with E-state index in [9.17, 15) is 0 Å². The van der Waals surface area contributed by atoms with Crippen LogP contribution in [0.25, 0.3) is 0 Å². The van der Waals surface area contributed by atoms with E-state index in [2.05, 4.69) is 27.5 Å². The molecule has 0 amide bonds. The third kappa shape index (κ3) is 4.40. The van der Waals surface area contributed by atoms with Crippen molar-refractivity contribution in [2.45, 2.75) is 31.0 Å². The Balaban J connectivity index is 2.81. The Morgan fingerprint density at radius 3 is 2.65 bits per heavy atom. The predicted molar refractivity (Wildman–Crippen MR) is 72.8 cm³/mol. The summed E-state index contributed by atoms with van der Waals surface area (Å²) in [5, 5.41) is 16.0. The number of hydrogen-bond donors (Lipinski definition) is 3. The first-order valence-electron chi connectivity index (χ1n) is 5.71. The fourth-order valence-electron chi connectivity index (χ4n) is 1.46. The number of aliphatic hydroxyl groups excluding tert-OH is 1. The van der Waals surface area contributed by atoms with Crippen LogP contribution >= 0.6 is 11.8 Å². The van der Waals surface area contributed by atoms with Crippen molar-refractivity contribution in [3.05, 3.63) is 6.07 Å². The lowest BCUT2D eigenvalue weighted by Crippen LogP contribution is -2.20. The average Bonchev–Trinajstić information content (AvgIpc) is 2.37. The smallest absolute Gasteiger partial charge is 0.191 e. The van der Waals surface area contributed by atoms with Crippen LogP contribution in [0.5, 0.6) is 0 Å². The van der Waals surface area contributed by atoms with Crippen molar-refractivity contribution in [3.63, 3.8) is 0 Å². The normalized spacial score (nSPS) is 12.2. The van der Waals surface area contributed by atoms with Crippen molar-refractivity contribution in [2.75, 3.05) is 30.5 Å². The summed E-state index contributed by atoms with van der Waals surface area (Å²) < 4.78 is 0. The molecule has 0 radical (unpaired) electrons. The quantitative estimate of drug-likeness (QED) is 0.510. The van der Waals surface area contributed by atoms with Crippen LogP contribution in [0.1, 0.15) is 19.8 Å². The molecule has 5 nitrogen and oxygen atoms in total. The third-order valence-corrected chi connectivity index (χ3v) is 3.01. The molecule has 0 spiro atoms. The van der Waals surface area contributed by atoms with Gasteiger partial charge >= 0.3 is 0 Å². The lowest BCUT2D eigenvalue weighted by Gasteiger charge is -2.17. The molecule has 0 saturated carbocycles. The molecule has 0 bridgehead atoms. The zero-order valence-corrected chi connectivity index (χ0v) is 11.3. The molecule has 17 heavy (non-hydrogen) atoms. The summed E-state index contributed by atoms with van der Waals surface area (Å²) in [5.74, 6) is 1.60. The Morgan fingerprint density at radius 2 is 2.12 bits per heavy atom. The summed E-state index contributed by atoms with van der Waals surface area (Å²) in [7, 11) is 1.83. The van der Waals surface area contributed by atoms with Gasteiger partial charge in [0.15, 0.2) is 5.16 Å². The molecule has 0 aliphatic heterocycles. The van der Waals surface area contributed by atoms with Gasteiger partial charge in [-0.2, -0.15) is 0 Å². The van der Waals surface area contributed by atoms with Crippen LogP contribution in [-0.2, 0) is 0 Å². The summed E-state index contributed by atoms with van der Waals surface area (Å²) in [5.41, 5.74) is 0. The molecule has 1 aromatic rings. The highest BCUT2D eigenvalue weighted by atomic mass is 32.2. The lowest BCUT2D eigenvalue weighted by molar-refractivity contribution is 0.278. The van der Waals surface area contributed by atoms with Gasteiger partial charge in [-0.15, -0.1) is 0 Å². The van der Waals surface area contributed by atoms with E-state index in [1.807, 2.05) is 19.4 Å². The molecule has 0 aliphatic rings. The van der Waals surface area contributed by atoms with Gasteiger partial charge in [0, 0.05) is 25.8 Å². The molecule has 0 saturated heterocycles. The summed E-state index contributed by atoms with van der Waals surface area (Å²) in [4.78, 5) is 8.69. The van der Waals surface area contributed by atoms with Gasteiger partial charge in [0.2, 0.25) is 0 Å². The molecule has 0 aromatic carbocycles. The van der Waals surface area contributed by atoms with Gasteiger partial charge in [-0.25, -0.2) is 9.97 Å². The number of hydrogen-bond acceptors (Lipinski definition) is 6. The van der Waals surface area contributed by atoms with Crippen LogP contribution < -0.4 is 10.6 Å². The van der Waals surface area contributed by atoms with E-state index < -0.39 is 0 Å². The molecular weight excluding hydrogens is 236 g/mol. The van der Waals surface area contributed by atoms with Crippen molar-refractivity contribution in [3.8, 4) is 0 Å². The topological polar surface area (TPSA) is 70.1 Å². The van der Waals surface area contributed by atoms with Crippen LogP contribution in [-0.4, -0.2) is 41.0 Å². The largest absolute Gasteiger partial charge is 0.396 e. The Morgan fingerprint density at radius 1 is 1.41 bits per heavy atom. The highest BCUT2D eigenvalue weighted by Gasteiger charge is 2.08. The van der Waals surface area contributed by atoms with Gasteiger partial charge in [-0.05, 0) is 19.1 Å². The highest BCUT2D eigenvalue weighted by molar-refractivity contribution is 7.98. The Hall–Kier alpha value is -1.01. The van der Waals surface area contributed by atoms with Crippen LogP contribution in [0.4, 0.5) is 11.6 Å². The van der Waals surface area contributed by atoms with Crippen molar-refractivity contribution in [2.24, 2.45) is 0 Å². The molecule has 0 aliphatic carbocycles. The molecule has 0 fully saturated rings. The standard InChI is InChI=1S/C11H20N4OS/c1-4-8(5-6-16)13-10-7-9(12-2)14-11(15-10)17-3/h7-8,16H,4-6H2,1-3H3,(H2,12,13,14,15). The van der Waals surface area contributed by atoms with E-state index in [0.29, 0.717) is 0 Å². The first-order valence-corrected chi connectivity index (χ1v) is 6.94. The lowest BCUT2D eigenvalue weighted by atomic mass is 10.1. The predicted octanol–water partition coefficient (Wildman–Crippen LogP) is 1.81. The van der Waals surface area contributed by atoms with Crippen molar-refractivity contribution < 1.29 is 5.11 Å². The number of nitrogens with one attached hydrogen (secondary N) is 2. The summed E-state index contributed by atoms with van der Waals surface area (Å²) in [6, 6.07) is 2.12. The minimum atomic E-state index is 0.185. The van der Waals surface area contributed by atoms with E-state index in [4.69, 9.17) is 5.11 Å². The SMILES string of the molecule is CCC(CCO)Nc1cc(NC)nc(SC)n1. The molecule has 1 rings (SSSR count). The van der Waals surface area contributed by atoms with Gasteiger partial charge in [0.25, 0.3) is 0 Å². The fraction of sp³-hybridized carbons (Fsp3) is 0.636. The molecule has 1 aromatic heterocycles. The number of rotatable bonds is 7. The second-order valence-electron chi connectivity index (χ2n) is 3.64. The third-order valence-electron chi connectivity index (χ3n) is 2.47. The molecular formula is C11H20N4OS. The van der Waals surface area contributed by atoms with Crippen LogP contribution in [0.3, 0.4) is 0 Å². The number of aliphatic hydroxyl groups is 1. The van der Waals surface area contributed by atoms with Gasteiger partial charge < -0.3 is 15.7 Å². The van der Waals surface area contributed by atoms with E-state index in [0.717, 1.165) is 29.6 Å². The fourth-order valence-corrected chi connectivity index (χ4v) is 1.84. The molecule has 1 heterocycles. The minimum absolute atomic E-state index is 0.185. The first kappa shape index (κ1) is 14.1. The average molecular weight is 256 g/mol. The van der Waals surface area contributed by atoms with Crippen molar-refractivity contribution in [1.29, 1.82) is 0 Å². The molecule has 1 unspecified atom stereocenters. The summed E-state index contributed by atoms with van der Waals surface area (Å²) >= 11 is 1.51. The van der Waals surface area contributed by atoms with Crippen LogP contribution in [0, 0.1) is 0 Å². The summed E-state index contributed by atoms with van der Waals surface area (Å²) in [6.45, 7) is 2.27. The van der Waals surface area contributed by atoms with Gasteiger partial charge in [-0.3, -0.25) is 0 Å². The van der Waals surface area contributed by atoms with Crippen molar-refractivity contribution >= 4 is 23.4 Å². The van der Waals surface area contributed by atoms with E-state index in [-0.39, 0.29) is 12.6 Å². The second kappa shape index (κ2) is 7.34. The number of aromatic nitrogens is 2. The van der Waals surface area contributed by atoms with E-state index in [1.54, 1.807) is 0 Å². The van der Waals surface area contributed by atoms with Crippen molar-refractivity contribution in [1.82, 2.24) is 9.97 Å². The van der Waals surface area contributed by atoms with Gasteiger partial charge in [-0.1, -0.05) is 18.7 Å². The van der Waals surface area contributed by atoms with E-state index in [1.165, 1.54) is 11.8 Å². The maximum absolute atomic E-state index is 8.96. The molecule has 3 N–H and O–H groups in total. The molecule has 1 atom stereocenters. The van der Waals surface area contributed by atoms with E-state index >= 15 is 0 Å². The zero-order valence-electron chi connectivity index (χ0n) is 10.5. The Kier molecular flexibility index (Phi) is 6.07. The van der Waals surface area contributed by atoms with Crippen LogP contribution in [0.15, 0.2) is 11.2 Å². The maximum Gasteiger partial charge on any atom is 0.191 e. The number of nitrogens with zero attached hydrogens (tertiary/aromatic N) is 2. The zero-order chi connectivity index (χ0) is 12.7. The second-order valence-corrected chi connectivity index (χ2v) is 4.41. The maximum atomic E-state index is 8.96. The monoisotopic (exact) mass is 256 g/mol.